The Morgan fingerprint density at radius 2 is 2.07 bits per heavy atom. The number of nitrogens with two attached hydrogens (primary N) is 1. The third-order valence-electron chi connectivity index (χ3n) is 5.16. The number of carbonyl (C=O) groups excluding carboxylic acids is 1. The summed E-state index contributed by atoms with van der Waals surface area (Å²) in [4.78, 5) is 25.4. The number of halogens is 1. The van der Waals surface area contributed by atoms with E-state index in [1.165, 1.54) is 9.75 Å². The van der Waals surface area contributed by atoms with E-state index in [0.29, 0.717) is 13.1 Å². The molecule has 7 nitrogen and oxygen atoms in total. The SMILES string of the molecule is CCc1ccc(CNC(=NC)NCc2cccnc2N2CCCC(C(N)=O)C2)s1.I. The first-order chi connectivity index (χ1) is 14.1. The van der Waals surface area contributed by atoms with E-state index in [9.17, 15) is 4.79 Å². The van der Waals surface area contributed by atoms with Crippen LogP contribution >= 0.6 is 35.3 Å². The van der Waals surface area contributed by atoms with Crippen molar-refractivity contribution >= 4 is 53.0 Å². The Balaban J connectivity index is 0.00000320. The lowest BCUT2D eigenvalue weighted by atomic mass is 9.97. The van der Waals surface area contributed by atoms with Gasteiger partial charge < -0.3 is 21.3 Å². The highest BCUT2D eigenvalue weighted by molar-refractivity contribution is 14.0. The molecule has 3 rings (SSSR count). The number of piperidine rings is 1. The van der Waals surface area contributed by atoms with Crippen LogP contribution in [-0.4, -0.2) is 37.0 Å². The van der Waals surface area contributed by atoms with Crippen molar-refractivity contribution in [3.63, 3.8) is 0 Å². The van der Waals surface area contributed by atoms with E-state index in [1.54, 1.807) is 13.2 Å². The summed E-state index contributed by atoms with van der Waals surface area (Å²) in [6.45, 7) is 5.04. The molecule has 0 saturated carbocycles. The molecule has 0 bridgehead atoms. The Labute approximate surface area is 199 Å². The average Bonchev–Trinajstić information content (AvgIpc) is 3.22. The zero-order valence-electron chi connectivity index (χ0n) is 17.6. The van der Waals surface area contributed by atoms with Gasteiger partial charge in [0, 0.05) is 48.2 Å². The number of guanidine groups is 1. The van der Waals surface area contributed by atoms with Gasteiger partial charge in [-0.2, -0.15) is 0 Å². The van der Waals surface area contributed by atoms with Crippen molar-refractivity contribution in [1.82, 2.24) is 15.6 Å². The van der Waals surface area contributed by atoms with Crippen LogP contribution in [0.2, 0.25) is 0 Å². The Hall–Kier alpha value is -1.88. The molecule has 164 valence electrons. The quantitative estimate of drug-likeness (QED) is 0.284. The first-order valence-electron chi connectivity index (χ1n) is 10.1. The van der Waals surface area contributed by atoms with Crippen LogP contribution in [0, 0.1) is 5.92 Å². The van der Waals surface area contributed by atoms with Crippen LogP contribution in [0.5, 0.6) is 0 Å². The maximum Gasteiger partial charge on any atom is 0.222 e. The fourth-order valence-corrected chi connectivity index (χ4v) is 4.43. The van der Waals surface area contributed by atoms with E-state index >= 15 is 0 Å². The highest BCUT2D eigenvalue weighted by Crippen LogP contribution is 2.24. The molecule has 2 aromatic heterocycles. The Kier molecular flexibility index (Phi) is 9.83. The van der Waals surface area contributed by atoms with Gasteiger partial charge in [-0.15, -0.1) is 35.3 Å². The molecule has 0 aromatic carbocycles. The topological polar surface area (TPSA) is 95.6 Å². The first-order valence-corrected chi connectivity index (χ1v) is 10.9. The Morgan fingerprint density at radius 3 is 2.77 bits per heavy atom. The van der Waals surface area contributed by atoms with Crippen molar-refractivity contribution in [1.29, 1.82) is 0 Å². The molecule has 3 heterocycles. The number of carbonyl (C=O) groups is 1. The number of primary amides is 1. The molecule has 0 spiro atoms. The number of pyridine rings is 1. The number of amides is 1. The number of nitrogens with zero attached hydrogens (tertiary/aromatic N) is 3. The molecule has 0 radical (unpaired) electrons. The molecule has 4 N–H and O–H groups in total. The van der Waals surface area contributed by atoms with Crippen molar-refractivity contribution in [3.05, 3.63) is 45.8 Å². The van der Waals surface area contributed by atoms with Crippen LogP contribution < -0.4 is 21.3 Å². The number of aryl methyl sites for hydroxylation is 1. The standard InChI is InChI=1S/C21H30N6OS.HI/c1-3-17-8-9-18(29-17)13-26-21(23-2)25-12-15-6-4-10-24-20(15)27-11-5-7-16(14-27)19(22)28;/h4,6,8-10,16H,3,5,7,11-14H2,1-2H3,(H2,22,28)(H2,23,25,26);1H. The molecule has 30 heavy (non-hydrogen) atoms. The van der Waals surface area contributed by atoms with Gasteiger partial charge in [-0.1, -0.05) is 13.0 Å². The summed E-state index contributed by atoms with van der Waals surface area (Å²) in [5.74, 6) is 1.32. The average molecular weight is 542 g/mol. The fourth-order valence-electron chi connectivity index (χ4n) is 3.53. The summed E-state index contributed by atoms with van der Waals surface area (Å²) in [6, 6.07) is 8.33. The van der Waals surface area contributed by atoms with Gasteiger partial charge in [0.1, 0.15) is 5.82 Å². The minimum absolute atomic E-state index is 0. The summed E-state index contributed by atoms with van der Waals surface area (Å²) in [7, 11) is 1.77. The minimum Gasteiger partial charge on any atom is -0.369 e. The molecule has 1 amide bonds. The summed E-state index contributed by atoms with van der Waals surface area (Å²) in [6.07, 6.45) is 4.66. The molecule has 1 atom stereocenters. The van der Waals surface area contributed by atoms with Gasteiger partial charge in [-0.3, -0.25) is 9.79 Å². The van der Waals surface area contributed by atoms with Crippen molar-refractivity contribution in [2.24, 2.45) is 16.6 Å². The van der Waals surface area contributed by atoms with Crippen LogP contribution in [0.1, 0.15) is 35.1 Å². The molecule has 0 aliphatic carbocycles. The number of anilines is 1. The summed E-state index contributed by atoms with van der Waals surface area (Å²) < 4.78 is 0. The van der Waals surface area contributed by atoms with E-state index in [4.69, 9.17) is 5.73 Å². The molecule has 9 heteroatoms. The van der Waals surface area contributed by atoms with E-state index in [0.717, 1.165) is 49.7 Å². The monoisotopic (exact) mass is 542 g/mol. The predicted octanol–water partition coefficient (Wildman–Crippen LogP) is 2.89. The smallest absolute Gasteiger partial charge is 0.222 e. The Bertz CT molecular complexity index is 856. The van der Waals surface area contributed by atoms with Crippen molar-refractivity contribution in [3.8, 4) is 0 Å². The van der Waals surface area contributed by atoms with Crippen molar-refractivity contribution < 1.29 is 4.79 Å². The molecular weight excluding hydrogens is 511 g/mol. The molecule has 1 fully saturated rings. The summed E-state index contributed by atoms with van der Waals surface area (Å²) >= 11 is 1.82. The second-order valence-corrected chi connectivity index (χ2v) is 8.43. The maximum absolute atomic E-state index is 11.6. The van der Waals surface area contributed by atoms with E-state index < -0.39 is 0 Å². The molecule has 1 aliphatic rings. The van der Waals surface area contributed by atoms with Gasteiger partial charge >= 0.3 is 0 Å². The highest BCUT2D eigenvalue weighted by atomic mass is 127. The molecular formula is C21H31IN6OS. The number of rotatable bonds is 7. The van der Waals surface area contributed by atoms with Gasteiger partial charge in [0.05, 0.1) is 12.5 Å². The minimum atomic E-state index is -0.227. The van der Waals surface area contributed by atoms with Crippen LogP contribution in [0.15, 0.2) is 35.5 Å². The molecule has 1 aliphatic heterocycles. The van der Waals surface area contributed by atoms with E-state index in [-0.39, 0.29) is 35.8 Å². The molecule has 1 saturated heterocycles. The van der Waals surface area contributed by atoms with Gasteiger partial charge in [-0.25, -0.2) is 4.98 Å². The highest BCUT2D eigenvalue weighted by Gasteiger charge is 2.25. The number of thiophene rings is 1. The normalized spacial score (nSPS) is 16.7. The largest absolute Gasteiger partial charge is 0.369 e. The first kappa shape index (κ1) is 24.4. The fraction of sp³-hybridized carbons (Fsp3) is 0.476. The Morgan fingerprint density at radius 1 is 1.30 bits per heavy atom. The maximum atomic E-state index is 11.6. The van der Waals surface area contributed by atoms with Crippen LogP contribution in [0.4, 0.5) is 5.82 Å². The number of aromatic nitrogens is 1. The van der Waals surface area contributed by atoms with E-state index in [1.807, 2.05) is 17.4 Å². The van der Waals surface area contributed by atoms with Gasteiger partial charge in [0.25, 0.3) is 0 Å². The predicted molar refractivity (Wildman–Crippen MR) is 135 cm³/mol. The zero-order chi connectivity index (χ0) is 20.6. The summed E-state index contributed by atoms with van der Waals surface area (Å²) in [5.41, 5.74) is 6.61. The van der Waals surface area contributed by atoms with Crippen LogP contribution in [0.3, 0.4) is 0 Å². The second-order valence-electron chi connectivity index (χ2n) is 7.17. The third kappa shape index (κ3) is 6.56. The lowest BCUT2D eigenvalue weighted by Crippen LogP contribution is -2.42. The van der Waals surface area contributed by atoms with E-state index in [2.05, 4.69) is 50.6 Å². The summed E-state index contributed by atoms with van der Waals surface area (Å²) in [5, 5.41) is 6.74. The van der Waals surface area contributed by atoms with Gasteiger partial charge in [0.15, 0.2) is 5.96 Å². The van der Waals surface area contributed by atoms with Gasteiger partial charge in [0.2, 0.25) is 5.91 Å². The molecule has 2 aromatic rings. The lowest BCUT2D eigenvalue weighted by Gasteiger charge is -2.33. The number of nitrogens with one attached hydrogen (secondary N) is 2. The molecule has 1 unspecified atom stereocenters. The zero-order valence-corrected chi connectivity index (χ0v) is 20.7. The van der Waals surface area contributed by atoms with Crippen LogP contribution in [-0.2, 0) is 24.3 Å². The van der Waals surface area contributed by atoms with Crippen LogP contribution in [0.25, 0.3) is 0 Å². The lowest BCUT2D eigenvalue weighted by molar-refractivity contribution is -0.122. The number of hydrogen-bond acceptors (Lipinski definition) is 5. The second kappa shape index (κ2) is 12.1. The number of aliphatic imine (C=N–C) groups is 1. The van der Waals surface area contributed by atoms with Gasteiger partial charge in [-0.05, 0) is 37.5 Å². The third-order valence-corrected chi connectivity index (χ3v) is 6.39. The van der Waals surface area contributed by atoms with Crippen molar-refractivity contribution in [2.45, 2.75) is 39.3 Å². The van der Waals surface area contributed by atoms with Crippen molar-refractivity contribution in [2.75, 3.05) is 25.0 Å². The number of hydrogen-bond donors (Lipinski definition) is 3.